The Morgan fingerprint density at radius 3 is 2.81 bits per heavy atom. The van der Waals surface area contributed by atoms with Crippen molar-refractivity contribution in [1.29, 1.82) is 0 Å². The van der Waals surface area contributed by atoms with E-state index in [0.717, 1.165) is 5.69 Å². The number of nitrogens with zero attached hydrogens (tertiary/aromatic N) is 2. The van der Waals surface area contributed by atoms with Crippen molar-refractivity contribution in [3.8, 4) is 0 Å². The lowest BCUT2D eigenvalue weighted by atomic mass is 9.92. The van der Waals surface area contributed by atoms with Crippen molar-refractivity contribution in [3.05, 3.63) is 58.6 Å². The summed E-state index contributed by atoms with van der Waals surface area (Å²) in [6.45, 7) is 2.06. The number of carbonyl (C=O) groups excluding carboxylic acids is 2. The Morgan fingerprint density at radius 2 is 2.15 bits per heavy atom. The van der Waals surface area contributed by atoms with Crippen LogP contribution in [0.15, 0.2) is 36.5 Å². The SMILES string of the molecule is Cc1ccc(N2CCC(O)(C(=O)CCc3cc(F)cc(Cl)c3)C2=O)cn1. The van der Waals surface area contributed by atoms with Crippen LogP contribution in [0.4, 0.5) is 10.1 Å². The van der Waals surface area contributed by atoms with E-state index in [9.17, 15) is 19.1 Å². The van der Waals surface area contributed by atoms with Gasteiger partial charge < -0.3 is 10.0 Å². The molecule has 1 aromatic heterocycles. The third-order valence-corrected chi connectivity index (χ3v) is 4.75. The van der Waals surface area contributed by atoms with Crippen LogP contribution in [-0.2, 0) is 16.0 Å². The molecule has 0 bridgehead atoms. The Bertz CT molecular complexity index is 836. The molecule has 1 unspecified atom stereocenters. The second-order valence-electron chi connectivity index (χ2n) is 6.43. The van der Waals surface area contributed by atoms with Crippen LogP contribution in [0.3, 0.4) is 0 Å². The number of benzene rings is 1. The minimum atomic E-state index is -2.05. The zero-order valence-electron chi connectivity index (χ0n) is 14.2. The summed E-state index contributed by atoms with van der Waals surface area (Å²) in [7, 11) is 0. The van der Waals surface area contributed by atoms with Crippen molar-refractivity contribution in [2.24, 2.45) is 0 Å². The average molecular weight is 377 g/mol. The van der Waals surface area contributed by atoms with Gasteiger partial charge in [-0.1, -0.05) is 11.6 Å². The molecule has 1 aromatic carbocycles. The molecule has 0 saturated carbocycles. The van der Waals surface area contributed by atoms with Gasteiger partial charge in [0.15, 0.2) is 5.78 Å². The number of aromatic nitrogens is 1. The van der Waals surface area contributed by atoms with Gasteiger partial charge in [0, 0.05) is 30.1 Å². The summed E-state index contributed by atoms with van der Waals surface area (Å²) in [5.74, 6) is -1.72. The fourth-order valence-electron chi connectivity index (χ4n) is 3.05. The Labute approximate surface area is 155 Å². The highest BCUT2D eigenvalue weighted by Gasteiger charge is 2.50. The molecule has 1 atom stereocenters. The molecule has 0 radical (unpaired) electrons. The highest BCUT2D eigenvalue weighted by molar-refractivity contribution is 6.30. The normalized spacial score (nSPS) is 19.8. The molecule has 2 heterocycles. The smallest absolute Gasteiger partial charge is 0.266 e. The maximum Gasteiger partial charge on any atom is 0.266 e. The van der Waals surface area contributed by atoms with E-state index in [1.54, 1.807) is 18.2 Å². The second-order valence-corrected chi connectivity index (χ2v) is 6.86. The number of pyridine rings is 1. The molecule has 1 N–H and O–H groups in total. The van der Waals surface area contributed by atoms with Crippen LogP contribution < -0.4 is 4.90 Å². The van der Waals surface area contributed by atoms with Crippen LogP contribution in [-0.4, -0.2) is 33.9 Å². The second kappa shape index (κ2) is 7.13. The Hall–Kier alpha value is -2.31. The van der Waals surface area contributed by atoms with E-state index < -0.39 is 23.1 Å². The first-order valence-electron chi connectivity index (χ1n) is 8.25. The number of carbonyl (C=O) groups is 2. The minimum Gasteiger partial charge on any atom is -0.373 e. The molecule has 3 rings (SSSR count). The topological polar surface area (TPSA) is 70.5 Å². The quantitative estimate of drug-likeness (QED) is 0.814. The predicted molar refractivity (Wildman–Crippen MR) is 95.6 cm³/mol. The van der Waals surface area contributed by atoms with Gasteiger partial charge in [0.1, 0.15) is 5.82 Å². The summed E-state index contributed by atoms with van der Waals surface area (Å²) in [5.41, 5.74) is -0.166. The summed E-state index contributed by atoms with van der Waals surface area (Å²) < 4.78 is 13.4. The maximum atomic E-state index is 13.4. The van der Waals surface area contributed by atoms with E-state index in [4.69, 9.17) is 11.6 Å². The standard InChI is InChI=1S/C19H18ClFN2O3/c1-12-2-4-16(11-22-12)23-7-6-19(26,18(23)25)17(24)5-3-13-8-14(20)10-15(21)9-13/h2,4,8-11,26H,3,5-7H2,1H3. The first-order chi connectivity index (χ1) is 12.3. The number of anilines is 1. The molecule has 1 saturated heterocycles. The van der Waals surface area contributed by atoms with E-state index in [1.807, 2.05) is 6.92 Å². The molecular formula is C19H18ClFN2O3. The van der Waals surface area contributed by atoms with Crippen molar-refractivity contribution in [2.45, 2.75) is 31.8 Å². The van der Waals surface area contributed by atoms with Crippen molar-refractivity contribution < 1.29 is 19.1 Å². The Morgan fingerprint density at radius 1 is 1.38 bits per heavy atom. The van der Waals surface area contributed by atoms with Crippen LogP contribution >= 0.6 is 11.6 Å². The average Bonchev–Trinajstić information content (AvgIpc) is 2.89. The van der Waals surface area contributed by atoms with Gasteiger partial charge in [-0.2, -0.15) is 0 Å². The van der Waals surface area contributed by atoms with Gasteiger partial charge in [0.05, 0.1) is 11.9 Å². The summed E-state index contributed by atoms with van der Waals surface area (Å²) in [4.78, 5) is 30.6. The van der Waals surface area contributed by atoms with Crippen molar-refractivity contribution >= 4 is 29.0 Å². The van der Waals surface area contributed by atoms with E-state index in [-0.39, 0.29) is 30.8 Å². The number of aryl methyl sites for hydroxylation is 2. The zero-order chi connectivity index (χ0) is 18.9. The summed E-state index contributed by atoms with van der Waals surface area (Å²) in [5, 5.41) is 10.9. The number of Topliss-reactive ketones (excluding diaryl/α,β-unsaturated/α-hetero) is 1. The van der Waals surface area contributed by atoms with Gasteiger partial charge in [-0.05, 0) is 49.2 Å². The lowest BCUT2D eigenvalue weighted by Gasteiger charge is -2.21. The van der Waals surface area contributed by atoms with Crippen LogP contribution in [0.25, 0.3) is 0 Å². The van der Waals surface area contributed by atoms with Crippen molar-refractivity contribution in [1.82, 2.24) is 4.98 Å². The Kier molecular flexibility index (Phi) is 5.07. The third kappa shape index (κ3) is 3.61. The van der Waals surface area contributed by atoms with Gasteiger partial charge >= 0.3 is 0 Å². The number of rotatable bonds is 5. The third-order valence-electron chi connectivity index (χ3n) is 4.53. The van der Waals surface area contributed by atoms with Crippen molar-refractivity contribution in [3.63, 3.8) is 0 Å². The molecule has 1 fully saturated rings. The summed E-state index contributed by atoms with van der Waals surface area (Å²) in [6, 6.07) is 7.50. The predicted octanol–water partition coefficient (Wildman–Crippen LogP) is 2.85. The number of hydrogen-bond donors (Lipinski definition) is 1. The molecule has 1 amide bonds. The van der Waals surface area contributed by atoms with Crippen LogP contribution in [0.1, 0.15) is 24.1 Å². The number of hydrogen-bond acceptors (Lipinski definition) is 4. The Balaban J connectivity index is 1.70. The number of ketones is 1. The lowest BCUT2D eigenvalue weighted by molar-refractivity contribution is -0.147. The molecule has 2 aromatic rings. The van der Waals surface area contributed by atoms with Crippen LogP contribution in [0.2, 0.25) is 5.02 Å². The molecule has 5 nitrogen and oxygen atoms in total. The first kappa shape index (κ1) is 18.5. The molecule has 1 aliphatic heterocycles. The maximum absolute atomic E-state index is 13.4. The van der Waals surface area contributed by atoms with Gasteiger partial charge in [0.2, 0.25) is 5.60 Å². The minimum absolute atomic E-state index is 0.0163. The zero-order valence-corrected chi connectivity index (χ0v) is 15.0. The number of amides is 1. The first-order valence-corrected chi connectivity index (χ1v) is 8.63. The summed E-state index contributed by atoms with van der Waals surface area (Å²) in [6.07, 6.45) is 1.67. The van der Waals surface area contributed by atoms with E-state index in [1.165, 1.54) is 23.2 Å². The number of halogens is 2. The van der Waals surface area contributed by atoms with E-state index >= 15 is 0 Å². The van der Waals surface area contributed by atoms with Crippen molar-refractivity contribution in [2.75, 3.05) is 11.4 Å². The molecule has 26 heavy (non-hydrogen) atoms. The van der Waals surface area contributed by atoms with E-state index in [0.29, 0.717) is 11.3 Å². The van der Waals surface area contributed by atoms with Gasteiger partial charge in [-0.25, -0.2) is 4.39 Å². The molecule has 0 spiro atoms. The monoisotopic (exact) mass is 376 g/mol. The molecule has 1 aliphatic rings. The highest BCUT2D eigenvalue weighted by atomic mass is 35.5. The fraction of sp³-hybridized carbons (Fsp3) is 0.316. The van der Waals surface area contributed by atoms with Gasteiger partial charge in [-0.15, -0.1) is 0 Å². The van der Waals surface area contributed by atoms with Crippen LogP contribution in [0, 0.1) is 12.7 Å². The molecular weight excluding hydrogens is 359 g/mol. The van der Waals surface area contributed by atoms with Gasteiger partial charge in [0.25, 0.3) is 5.91 Å². The lowest BCUT2D eigenvalue weighted by Crippen LogP contribution is -2.47. The van der Waals surface area contributed by atoms with Crippen LogP contribution in [0.5, 0.6) is 0 Å². The molecule has 7 heteroatoms. The molecule has 0 aliphatic carbocycles. The molecule has 136 valence electrons. The van der Waals surface area contributed by atoms with E-state index in [2.05, 4.69) is 4.98 Å². The largest absolute Gasteiger partial charge is 0.373 e. The van der Waals surface area contributed by atoms with Gasteiger partial charge in [-0.3, -0.25) is 14.6 Å². The number of aliphatic hydroxyl groups is 1. The summed E-state index contributed by atoms with van der Waals surface area (Å²) >= 11 is 5.80. The fourth-order valence-corrected chi connectivity index (χ4v) is 3.29. The highest BCUT2D eigenvalue weighted by Crippen LogP contribution is 2.30.